The van der Waals surface area contributed by atoms with Gasteiger partial charge in [0.2, 0.25) is 0 Å². The summed E-state index contributed by atoms with van der Waals surface area (Å²) in [5, 5.41) is 9.78. The molecular formula is C21H21N7. The molecule has 5 aromatic heterocycles. The summed E-state index contributed by atoms with van der Waals surface area (Å²) in [6.45, 7) is 4.35. The lowest BCUT2D eigenvalue weighted by molar-refractivity contribution is 0.622. The number of aromatic amines is 1. The van der Waals surface area contributed by atoms with Gasteiger partial charge in [-0.05, 0) is 23.6 Å². The summed E-state index contributed by atoms with van der Waals surface area (Å²) in [5.74, 6) is 1.41. The average Bonchev–Trinajstić information content (AvgIpc) is 3.37. The Hall–Kier alpha value is -3.48. The first-order valence-corrected chi connectivity index (χ1v) is 9.38. The Bertz CT molecular complexity index is 1290. The summed E-state index contributed by atoms with van der Waals surface area (Å²) in [6, 6.07) is 4.22. The molecule has 0 aliphatic heterocycles. The van der Waals surface area contributed by atoms with Gasteiger partial charge in [0.1, 0.15) is 11.5 Å². The Morgan fingerprint density at radius 1 is 1.07 bits per heavy atom. The molecule has 0 spiro atoms. The Morgan fingerprint density at radius 3 is 2.75 bits per heavy atom. The number of hydrogen-bond acceptors (Lipinski definition) is 4. The molecule has 0 saturated carbocycles. The third kappa shape index (κ3) is 2.76. The van der Waals surface area contributed by atoms with Crippen LogP contribution in [0.1, 0.15) is 19.7 Å². The summed E-state index contributed by atoms with van der Waals surface area (Å²) in [5.41, 5.74) is 6.22. The first-order chi connectivity index (χ1) is 13.6. The van der Waals surface area contributed by atoms with Gasteiger partial charge in [-0.3, -0.25) is 4.68 Å². The monoisotopic (exact) mass is 371 g/mol. The van der Waals surface area contributed by atoms with Crippen LogP contribution in [0.2, 0.25) is 0 Å². The minimum Gasteiger partial charge on any atom is -0.345 e. The van der Waals surface area contributed by atoms with Crippen molar-refractivity contribution in [3.8, 4) is 22.3 Å². The Labute approximate surface area is 162 Å². The van der Waals surface area contributed by atoms with E-state index >= 15 is 0 Å². The summed E-state index contributed by atoms with van der Waals surface area (Å²) in [7, 11) is 1.92. The van der Waals surface area contributed by atoms with Crippen molar-refractivity contribution in [2.24, 2.45) is 13.0 Å². The van der Waals surface area contributed by atoms with E-state index in [0.717, 1.165) is 51.0 Å². The Kier molecular flexibility index (Phi) is 3.75. The largest absolute Gasteiger partial charge is 0.345 e. The van der Waals surface area contributed by atoms with E-state index in [2.05, 4.69) is 51.1 Å². The van der Waals surface area contributed by atoms with E-state index in [4.69, 9.17) is 0 Å². The number of nitrogens with zero attached hydrogens (tertiary/aromatic N) is 6. The van der Waals surface area contributed by atoms with Gasteiger partial charge >= 0.3 is 0 Å². The van der Waals surface area contributed by atoms with Gasteiger partial charge in [-0.1, -0.05) is 13.8 Å². The number of pyridine rings is 1. The van der Waals surface area contributed by atoms with Crippen LogP contribution >= 0.6 is 0 Å². The minimum atomic E-state index is 0.530. The molecule has 0 amide bonds. The molecular weight excluding hydrogens is 350 g/mol. The molecule has 5 heterocycles. The van der Waals surface area contributed by atoms with Crippen molar-refractivity contribution < 1.29 is 0 Å². The molecule has 5 aromatic rings. The smallest absolute Gasteiger partial charge is 0.141 e. The highest BCUT2D eigenvalue weighted by molar-refractivity contribution is 5.94. The quantitative estimate of drug-likeness (QED) is 0.520. The van der Waals surface area contributed by atoms with Crippen molar-refractivity contribution in [1.29, 1.82) is 0 Å². The van der Waals surface area contributed by atoms with Crippen molar-refractivity contribution in [2.75, 3.05) is 0 Å². The molecule has 0 saturated heterocycles. The number of fused-ring (bicyclic) bond motifs is 2. The van der Waals surface area contributed by atoms with Gasteiger partial charge in [-0.2, -0.15) is 10.2 Å². The standard InChI is InChI=1S/C21H21N7/c1-13(2)6-20-22-10-18-16(9-23-21(18)26-20)14-4-5-28-19(7-14)17(11-25-28)15-8-24-27(3)12-15/h4-5,7-13H,6H2,1-3H3,(H,22,23,26). The highest BCUT2D eigenvalue weighted by Crippen LogP contribution is 2.31. The van der Waals surface area contributed by atoms with Crippen LogP contribution in [0.3, 0.4) is 0 Å². The van der Waals surface area contributed by atoms with Gasteiger partial charge in [0.05, 0.1) is 17.9 Å². The van der Waals surface area contributed by atoms with Crippen LogP contribution in [0.4, 0.5) is 0 Å². The molecule has 0 aliphatic rings. The SMILES string of the molecule is CC(C)Cc1ncc2c(-c3ccn4ncc(-c5cnn(C)c5)c4c3)c[nH]c2n1. The number of aromatic nitrogens is 7. The van der Waals surface area contributed by atoms with Crippen molar-refractivity contribution >= 4 is 16.6 Å². The van der Waals surface area contributed by atoms with Gasteiger partial charge < -0.3 is 4.98 Å². The van der Waals surface area contributed by atoms with Gasteiger partial charge in [0.15, 0.2) is 0 Å². The first kappa shape index (κ1) is 16.7. The highest BCUT2D eigenvalue weighted by Gasteiger charge is 2.13. The van der Waals surface area contributed by atoms with Crippen LogP contribution in [0.25, 0.3) is 38.8 Å². The van der Waals surface area contributed by atoms with Crippen molar-refractivity contribution in [2.45, 2.75) is 20.3 Å². The third-order valence-corrected chi connectivity index (χ3v) is 4.92. The number of aryl methyl sites for hydroxylation is 1. The fourth-order valence-corrected chi connectivity index (χ4v) is 3.58. The van der Waals surface area contributed by atoms with E-state index in [1.165, 1.54) is 0 Å². The average molecular weight is 371 g/mol. The summed E-state index contributed by atoms with van der Waals surface area (Å²) >= 11 is 0. The molecule has 7 nitrogen and oxygen atoms in total. The molecule has 0 unspecified atom stereocenters. The van der Waals surface area contributed by atoms with Gasteiger partial charge in [-0.25, -0.2) is 14.5 Å². The maximum Gasteiger partial charge on any atom is 0.141 e. The van der Waals surface area contributed by atoms with Crippen molar-refractivity contribution in [3.63, 3.8) is 0 Å². The predicted octanol–water partition coefficient (Wildman–Crippen LogP) is 3.87. The molecule has 140 valence electrons. The van der Waals surface area contributed by atoms with Crippen LogP contribution < -0.4 is 0 Å². The molecule has 1 N–H and O–H groups in total. The van der Waals surface area contributed by atoms with E-state index in [-0.39, 0.29) is 0 Å². The molecule has 28 heavy (non-hydrogen) atoms. The van der Waals surface area contributed by atoms with Gasteiger partial charge in [-0.15, -0.1) is 0 Å². The lowest BCUT2D eigenvalue weighted by Gasteiger charge is -2.04. The number of rotatable bonds is 4. The predicted molar refractivity (Wildman–Crippen MR) is 109 cm³/mol. The van der Waals surface area contributed by atoms with Crippen LogP contribution in [-0.2, 0) is 13.5 Å². The second kappa shape index (κ2) is 6.30. The van der Waals surface area contributed by atoms with Crippen molar-refractivity contribution in [1.82, 2.24) is 34.3 Å². The van der Waals surface area contributed by atoms with Gasteiger partial charge in [0.25, 0.3) is 0 Å². The zero-order chi connectivity index (χ0) is 19.3. The lowest BCUT2D eigenvalue weighted by atomic mass is 10.1. The molecule has 0 radical (unpaired) electrons. The normalized spacial score (nSPS) is 11.9. The third-order valence-electron chi connectivity index (χ3n) is 4.92. The maximum atomic E-state index is 4.69. The molecule has 5 rings (SSSR count). The van der Waals surface area contributed by atoms with Crippen molar-refractivity contribution in [3.05, 3.63) is 55.1 Å². The molecule has 0 aromatic carbocycles. The lowest BCUT2D eigenvalue weighted by Crippen LogP contribution is -2.00. The van der Waals surface area contributed by atoms with E-state index in [0.29, 0.717) is 5.92 Å². The zero-order valence-electron chi connectivity index (χ0n) is 16.1. The van der Waals surface area contributed by atoms with Crippen LogP contribution in [0, 0.1) is 5.92 Å². The number of hydrogen-bond donors (Lipinski definition) is 1. The minimum absolute atomic E-state index is 0.530. The van der Waals surface area contributed by atoms with E-state index in [9.17, 15) is 0 Å². The van der Waals surface area contributed by atoms with E-state index < -0.39 is 0 Å². The highest BCUT2D eigenvalue weighted by atomic mass is 15.2. The number of H-pyrrole nitrogens is 1. The molecule has 0 aliphatic carbocycles. The number of nitrogens with one attached hydrogen (secondary N) is 1. The summed E-state index contributed by atoms with van der Waals surface area (Å²) in [6.07, 6.45) is 12.5. The zero-order valence-corrected chi connectivity index (χ0v) is 16.1. The molecule has 0 bridgehead atoms. The fraction of sp³-hybridized carbons (Fsp3) is 0.238. The fourth-order valence-electron chi connectivity index (χ4n) is 3.58. The van der Waals surface area contributed by atoms with Crippen LogP contribution in [0.5, 0.6) is 0 Å². The second-order valence-electron chi connectivity index (χ2n) is 7.55. The van der Waals surface area contributed by atoms with Crippen LogP contribution in [0.15, 0.2) is 49.3 Å². The molecule has 0 atom stereocenters. The summed E-state index contributed by atoms with van der Waals surface area (Å²) in [4.78, 5) is 12.6. The van der Waals surface area contributed by atoms with E-state index in [1.807, 2.05) is 48.7 Å². The Balaban J connectivity index is 1.61. The maximum absolute atomic E-state index is 4.69. The Morgan fingerprint density at radius 2 is 1.96 bits per heavy atom. The first-order valence-electron chi connectivity index (χ1n) is 9.38. The molecule has 7 heteroatoms. The second-order valence-corrected chi connectivity index (χ2v) is 7.55. The van der Waals surface area contributed by atoms with E-state index in [1.54, 1.807) is 4.68 Å². The molecule has 0 fully saturated rings. The summed E-state index contributed by atoms with van der Waals surface area (Å²) < 4.78 is 3.69. The topological polar surface area (TPSA) is 76.7 Å². The van der Waals surface area contributed by atoms with Gasteiger partial charge in [0, 0.05) is 60.3 Å². The van der Waals surface area contributed by atoms with Crippen LogP contribution in [-0.4, -0.2) is 34.3 Å².